The summed E-state index contributed by atoms with van der Waals surface area (Å²) >= 11 is 5.60. The number of halogens is 1. The standard InChI is InChI=1S/C8H7ClN2/c1-3-4-7-5-6(2)10-8(9)11-7/h5H,1-2H3. The molecule has 0 aliphatic rings. The van der Waals surface area contributed by atoms with E-state index < -0.39 is 0 Å². The molecule has 11 heavy (non-hydrogen) atoms. The Morgan fingerprint density at radius 3 is 2.73 bits per heavy atom. The van der Waals surface area contributed by atoms with Crippen molar-refractivity contribution < 1.29 is 0 Å². The molecule has 0 radical (unpaired) electrons. The van der Waals surface area contributed by atoms with Crippen molar-refractivity contribution in [2.24, 2.45) is 0 Å². The molecule has 3 heteroatoms. The maximum atomic E-state index is 5.60. The zero-order chi connectivity index (χ0) is 8.27. The Labute approximate surface area is 70.6 Å². The summed E-state index contributed by atoms with van der Waals surface area (Å²) in [6.07, 6.45) is 0. The summed E-state index contributed by atoms with van der Waals surface area (Å²) in [4.78, 5) is 7.81. The number of aromatic nitrogens is 2. The summed E-state index contributed by atoms with van der Waals surface area (Å²) in [6.45, 7) is 3.61. The Kier molecular flexibility index (Phi) is 2.45. The number of hydrogen-bond acceptors (Lipinski definition) is 2. The second kappa shape index (κ2) is 3.36. The van der Waals surface area contributed by atoms with Crippen molar-refractivity contribution in [2.45, 2.75) is 13.8 Å². The number of aryl methyl sites for hydroxylation is 1. The summed E-state index contributed by atoms with van der Waals surface area (Å²) < 4.78 is 0. The highest BCUT2D eigenvalue weighted by atomic mass is 35.5. The van der Waals surface area contributed by atoms with E-state index in [1.54, 1.807) is 13.0 Å². The van der Waals surface area contributed by atoms with E-state index in [2.05, 4.69) is 21.8 Å². The predicted octanol–water partition coefficient (Wildman–Crippen LogP) is 1.81. The molecule has 0 saturated carbocycles. The van der Waals surface area contributed by atoms with Gasteiger partial charge >= 0.3 is 0 Å². The van der Waals surface area contributed by atoms with Crippen LogP contribution in [0.5, 0.6) is 0 Å². The van der Waals surface area contributed by atoms with Crippen LogP contribution in [0, 0.1) is 18.8 Å². The average molecular weight is 167 g/mol. The van der Waals surface area contributed by atoms with Gasteiger partial charge < -0.3 is 0 Å². The van der Waals surface area contributed by atoms with Crippen LogP contribution < -0.4 is 0 Å². The van der Waals surface area contributed by atoms with E-state index in [9.17, 15) is 0 Å². The smallest absolute Gasteiger partial charge is 0.223 e. The Bertz CT molecular complexity index is 302. The van der Waals surface area contributed by atoms with Crippen LogP contribution in [0.15, 0.2) is 6.07 Å². The first-order valence-corrected chi connectivity index (χ1v) is 3.54. The average Bonchev–Trinajstić information content (AvgIpc) is 1.85. The SMILES string of the molecule is CC#Cc1cc(C)nc(Cl)n1. The fraction of sp³-hybridized carbons (Fsp3) is 0.250. The van der Waals surface area contributed by atoms with Crippen LogP contribution in [0.3, 0.4) is 0 Å². The molecule has 0 aliphatic heterocycles. The lowest BCUT2D eigenvalue weighted by Crippen LogP contribution is -1.89. The second-order valence-electron chi connectivity index (χ2n) is 2.04. The van der Waals surface area contributed by atoms with Gasteiger partial charge in [-0.15, -0.1) is 0 Å². The van der Waals surface area contributed by atoms with Gasteiger partial charge in [0.2, 0.25) is 5.28 Å². The highest BCUT2D eigenvalue weighted by Crippen LogP contribution is 2.03. The van der Waals surface area contributed by atoms with Crippen LogP contribution >= 0.6 is 11.6 Å². The molecule has 0 atom stereocenters. The molecule has 0 aromatic carbocycles. The molecule has 0 amide bonds. The fourth-order valence-corrected chi connectivity index (χ4v) is 0.949. The molecule has 0 aliphatic carbocycles. The van der Waals surface area contributed by atoms with Crippen molar-refractivity contribution in [1.82, 2.24) is 9.97 Å². The topological polar surface area (TPSA) is 25.8 Å². The van der Waals surface area contributed by atoms with Crippen molar-refractivity contribution in [2.75, 3.05) is 0 Å². The molecule has 2 nitrogen and oxygen atoms in total. The maximum absolute atomic E-state index is 5.60. The highest BCUT2D eigenvalue weighted by Gasteiger charge is 1.95. The summed E-state index contributed by atoms with van der Waals surface area (Å²) in [5.41, 5.74) is 1.51. The minimum atomic E-state index is 0.253. The van der Waals surface area contributed by atoms with Crippen LogP contribution in [0.2, 0.25) is 5.28 Å². The molecule has 0 unspecified atom stereocenters. The van der Waals surface area contributed by atoms with Crippen molar-refractivity contribution in [1.29, 1.82) is 0 Å². The molecule has 1 aromatic rings. The monoisotopic (exact) mass is 166 g/mol. The van der Waals surface area contributed by atoms with Gasteiger partial charge in [-0.25, -0.2) is 9.97 Å². The number of rotatable bonds is 0. The Balaban J connectivity index is 3.15. The molecule has 1 aromatic heterocycles. The van der Waals surface area contributed by atoms with Gasteiger partial charge in [-0.05, 0) is 37.4 Å². The van der Waals surface area contributed by atoms with Gasteiger partial charge in [0, 0.05) is 5.69 Å². The lowest BCUT2D eigenvalue weighted by molar-refractivity contribution is 1.09. The minimum Gasteiger partial charge on any atom is -0.223 e. The summed E-state index contributed by atoms with van der Waals surface area (Å²) in [5.74, 6) is 5.54. The van der Waals surface area contributed by atoms with Gasteiger partial charge in [0.15, 0.2) is 0 Å². The first-order chi connectivity index (χ1) is 5.22. The molecule has 56 valence electrons. The fourth-order valence-electron chi connectivity index (χ4n) is 0.724. The van der Waals surface area contributed by atoms with Crippen molar-refractivity contribution >= 4 is 11.6 Å². The highest BCUT2D eigenvalue weighted by molar-refractivity contribution is 6.28. The summed E-state index contributed by atoms with van der Waals surface area (Å²) in [6, 6.07) is 1.79. The third-order valence-electron chi connectivity index (χ3n) is 1.08. The van der Waals surface area contributed by atoms with E-state index in [-0.39, 0.29) is 5.28 Å². The van der Waals surface area contributed by atoms with E-state index in [4.69, 9.17) is 11.6 Å². The zero-order valence-corrected chi connectivity index (χ0v) is 7.11. The van der Waals surface area contributed by atoms with Gasteiger partial charge in [-0.1, -0.05) is 5.92 Å². The van der Waals surface area contributed by atoms with Gasteiger partial charge in [-0.2, -0.15) is 0 Å². The van der Waals surface area contributed by atoms with Crippen molar-refractivity contribution in [3.8, 4) is 11.8 Å². The molecule has 0 bridgehead atoms. The van der Waals surface area contributed by atoms with E-state index in [1.807, 2.05) is 6.92 Å². The van der Waals surface area contributed by atoms with Gasteiger partial charge in [0.05, 0.1) is 0 Å². The zero-order valence-electron chi connectivity index (χ0n) is 6.35. The molecular formula is C8H7ClN2. The second-order valence-corrected chi connectivity index (χ2v) is 2.38. The molecule has 0 fully saturated rings. The largest absolute Gasteiger partial charge is 0.223 e. The van der Waals surface area contributed by atoms with Crippen LogP contribution in [0.1, 0.15) is 18.3 Å². The van der Waals surface area contributed by atoms with Crippen LogP contribution in [-0.2, 0) is 0 Å². The number of nitrogens with zero attached hydrogens (tertiary/aromatic N) is 2. The van der Waals surface area contributed by atoms with Crippen LogP contribution in [-0.4, -0.2) is 9.97 Å². The lowest BCUT2D eigenvalue weighted by atomic mass is 10.3. The summed E-state index contributed by atoms with van der Waals surface area (Å²) in [5, 5.41) is 0.253. The third kappa shape index (κ3) is 2.21. The first-order valence-electron chi connectivity index (χ1n) is 3.16. The van der Waals surface area contributed by atoms with E-state index in [0.717, 1.165) is 5.69 Å². The minimum absolute atomic E-state index is 0.253. The predicted molar refractivity (Wildman–Crippen MR) is 44.3 cm³/mol. The van der Waals surface area contributed by atoms with Gasteiger partial charge in [0.25, 0.3) is 0 Å². The molecule has 0 saturated heterocycles. The quantitative estimate of drug-likeness (QED) is 0.434. The first kappa shape index (κ1) is 8.03. The van der Waals surface area contributed by atoms with Crippen LogP contribution in [0.4, 0.5) is 0 Å². The van der Waals surface area contributed by atoms with E-state index in [0.29, 0.717) is 5.69 Å². The van der Waals surface area contributed by atoms with Crippen LogP contribution in [0.25, 0.3) is 0 Å². The summed E-state index contributed by atoms with van der Waals surface area (Å²) in [7, 11) is 0. The Morgan fingerprint density at radius 2 is 2.18 bits per heavy atom. The van der Waals surface area contributed by atoms with E-state index >= 15 is 0 Å². The van der Waals surface area contributed by atoms with Crippen molar-refractivity contribution in [3.05, 3.63) is 22.7 Å². The molecule has 0 spiro atoms. The van der Waals surface area contributed by atoms with E-state index in [1.165, 1.54) is 0 Å². The Hall–Kier alpha value is -1.07. The molecule has 1 rings (SSSR count). The molecule has 0 N–H and O–H groups in total. The maximum Gasteiger partial charge on any atom is 0.223 e. The number of hydrogen-bond donors (Lipinski definition) is 0. The van der Waals surface area contributed by atoms with Crippen molar-refractivity contribution in [3.63, 3.8) is 0 Å². The third-order valence-corrected chi connectivity index (χ3v) is 1.25. The molecule has 1 heterocycles. The lowest BCUT2D eigenvalue weighted by Gasteiger charge is -1.93. The van der Waals surface area contributed by atoms with Gasteiger partial charge in [-0.3, -0.25) is 0 Å². The molecular weight excluding hydrogens is 160 g/mol. The van der Waals surface area contributed by atoms with Gasteiger partial charge in [0.1, 0.15) is 5.69 Å². The normalized spacial score (nSPS) is 8.64. The Morgan fingerprint density at radius 1 is 1.45 bits per heavy atom.